The lowest BCUT2D eigenvalue weighted by Crippen LogP contribution is -2.49. The van der Waals surface area contributed by atoms with E-state index < -0.39 is 6.04 Å². The second kappa shape index (κ2) is 7.05. The van der Waals surface area contributed by atoms with Crippen LogP contribution < -0.4 is 16.0 Å². The van der Waals surface area contributed by atoms with E-state index in [2.05, 4.69) is 16.0 Å². The van der Waals surface area contributed by atoms with Gasteiger partial charge in [0.25, 0.3) is 0 Å². The zero-order chi connectivity index (χ0) is 14.4. The highest BCUT2D eigenvalue weighted by Crippen LogP contribution is 2.05. The van der Waals surface area contributed by atoms with Crippen LogP contribution in [0, 0.1) is 0 Å². The number of nitrogens with one attached hydrogen (secondary N) is 3. The van der Waals surface area contributed by atoms with Crippen molar-refractivity contribution in [3.63, 3.8) is 0 Å². The molecule has 108 valence electrons. The third-order valence-electron chi connectivity index (χ3n) is 3.44. The molecule has 20 heavy (non-hydrogen) atoms. The summed E-state index contributed by atoms with van der Waals surface area (Å²) in [6, 6.07) is 9.02. The van der Waals surface area contributed by atoms with E-state index in [0.29, 0.717) is 6.54 Å². The molecular weight excluding hydrogens is 254 g/mol. The minimum atomic E-state index is -0.520. The molecule has 1 saturated heterocycles. The predicted octanol–water partition coefficient (Wildman–Crippen LogP) is 0.560. The van der Waals surface area contributed by atoms with Crippen molar-refractivity contribution in [1.82, 2.24) is 16.0 Å². The van der Waals surface area contributed by atoms with Crippen molar-refractivity contribution in [3.05, 3.63) is 35.9 Å². The van der Waals surface area contributed by atoms with Crippen LogP contribution in [0.1, 0.15) is 25.3 Å². The average Bonchev–Trinajstić information content (AvgIpc) is 3.00. The summed E-state index contributed by atoms with van der Waals surface area (Å²) in [7, 11) is 0. The summed E-state index contributed by atoms with van der Waals surface area (Å²) >= 11 is 0. The molecule has 5 nitrogen and oxygen atoms in total. The predicted molar refractivity (Wildman–Crippen MR) is 76.9 cm³/mol. The number of hydrogen-bond donors (Lipinski definition) is 3. The first-order valence-electron chi connectivity index (χ1n) is 7.02. The molecule has 1 aromatic carbocycles. The van der Waals surface area contributed by atoms with Crippen LogP contribution in [0.5, 0.6) is 0 Å². The van der Waals surface area contributed by atoms with E-state index in [1.165, 1.54) is 0 Å². The van der Waals surface area contributed by atoms with Crippen LogP contribution in [0.3, 0.4) is 0 Å². The largest absolute Gasteiger partial charge is 0.350 e. The Hall–Kier alpha value is -1.88. The van der Waals surface area contributed by atoms with Gasteiger partial charge < -0.3 is 16.0 Å². The lowest BCUT2D eigenvalue weighted by atomic mass is 10.2. The van der Waals surface area contributed by atoms with Crippen LogP contribution in [0.4, 0.5) is 0 Å². The van der Waals surface area contributed by atoms with Crippen LogP contribution in [0.2, 0.25) is 0 Å². The van der Waals surface area contributed by atoms with Crippen molar-refractivity contribution < 1.29 is 9.59 Å². The SMILES string of the molecule is CC(NC(=O)C1CCCN1)C(=O)NCc1ccccc1. The van der Waals surface area contributed by atoms with Crippen molar-refractivity contribution >= 4 is 11.8 Å². The van der Waals surface area contributed by atoms with Gasteiger partial charge in [0.2, 0.25) is 11.8 Å². The fourth-order valence-electron chi connectivity index (χ4n) is 2.23. The lowest BCUT2D eigenvalue weighted by molar-refractivity contribution is -0.129. The van der Waals surface area contributed by atoms with Crippen LogP contribution in [0.25, 0.3) is 0 Å². The molecular formula is C15H21N3O2. The van der Waals surface area contributed by atoms with E-state index in [-0.39, 0.29) is 17.9 Å². The van der Waals surface area contributed by atoms with Gasteiger partial charge in [0.1, 0.15) is 6.04 Å². The monoisotopic (exact) mass is 275 g/mol. The van der Waals surface area contributed by atoms with E-state index in [0.717, 1.165) is 24.9 Å². The third-order valence-corrected chi connectivity index (χ3v) is 3.44. The van der Waals surface area contributed by atoms with Gasteiger partial charge in [-0.15, -0.1) is 0 Å². The second-order valence-corrected chi connectivity index (χ2v) is 5.08. The van der Waals surface area contributed by atoms with Gasteiger partial charge in [0.05, 0.1) is 6.04 Å². The lowest BCUT2D eigenvalue weighted by Gasteiger charge is -2.17. The molecule has 2 atom stereocenters. The molecule has 1 aliphatic rings. The molecule has 1 heterocycles. The van der Waals surface area contributed by atoms with E-state index in [1.807, 2.05) is 30.3 Å². The minimum Gasteiger partial charge on any atom is -0.350 e. The number of benzene rings is 1. The zero-order valence-electron chi connectivity index (χ0n) is 11.7. The summed E-state index contributed by atoms with van der Waals surface area (Å²) in [5, 5.41) is 8.68. The molecule has 2 amide bonds. The van der Waals surface area contributed by atoms with Gasteiger partial charge in [-0.1, -0.05) is 30.3 Å². The van der Waals surface area contributed by atoms with Crippen molar-refractivity contribution in [2.24, 2.45) is 0 Å². The minimum absolute atomic E-state index is 0.0927. The number of hydrogen-bond acceptors (Lipinski definition) is 3. The van der Waals surface area contributed by atoms with Gasteiger partial charge in [-0.05, 0) is 31.9 Å². The molecule has 3 N–H and O–H groups in total. The first-order valence-corrected chi connectivity index (χ1v) is 7.02. The van der Waals surface area contributed by atoms with E-state index in [4.69, 9.17) is 0 Å². The average molecular weight is 275 g/mol. The summed E-state index contributed by atoms with van der Waals surface area (Å²) in [6.45, 7) is 3.04. The Morgan fingerprint density at radius 1 is 1.35 bits per heavy atom. The Kier molecular flexibility index (Phi) is 5.12. The Morgan fingerprint density at radius 2 is 2.10 bits per heavy atom. The first kappa shape index (κ1) is 14.5. The summed E-state index contributed by atoms with van der Waals surface area (Å²) < 4.78 is 0. The topological polar surface area (TPSA) is 70.2 Å². The molecule has 0 bridgehead atoms. The summed E-state index contributed by atoms with van der Waals surface area (Å²) in [5.74, 6) is -0.259. The molecule has 0 spiro atoms. The number of rotatable bonds is 5. The van der Waals surface area contributed by atoms with Gasteiger partial charge in [0, 0.05) is 6.54 Å². The highest BCUT2D eigenvalue weighted by molar-refractivity contribution is 5.89. The van der Waals surface area contributed by atoms with Gasteiger partial charge in [-0.2, -0.15) is 0 Å². The first-order chi connectivity index (χ1) is 9.66. The van der Waals surface area contributed by atoms with Gasteiger partial charge in [-0.25, -0.2) is 0 Å². The Bertz CT molecular complexity index is 455. The normalized spacial score (nSPS) is 19.4. The molecule has 2 unspecified atom stereocenters. The molecule has 0 aromatic heterocycles. The fourth-order valence-corrected chi connectivity index (χ4v) is 2.23. The Labute approximate surface area is 119 Å². The van der Waals surface area contributed by atoms with Crippen molar-refractivity contribution in [2.45, 2.75) is 38.4 Å². The van der Waals surface area contributed by atoms with E-state index in [9.17, 15) is 9.59 Å². The Morgan fingerprint density at radius 3 is 2.75 bits per heavy atom. The smallest absolute Gasteiger partial charge is 0.242 e. The third kappa shape index (κ3) is 4.06. The molecule has 0 radical (unpaired) electrons. The quantitative estimate of drug-likeness (QED) is 0.735. The fraction of sp³-hybridized carbons (Fsp3) is 0.467. The zero-order valence-corrected chi connectivity index (χ0v) is 11.7. The van der Waals surface area contributed by atoms with E-state index in [1.54, 1.807) is 6.92 Å². The number of carbonyl (C=O) groups is 2. The molecule has 0 saturated carbocycles. The highest BCUT2D eigenvalue weighted by atomic mass is 16.2. The molecule has 2 rings (SSSR count). The molecule has 0 aliphatic carbocycles. The maximum Gasteiger partial charge on any atom is 0.242 e. The highest BCUT2D eigenvalue weighted by Gasteiger charge is 2.24. The summed E-state index contributed by atoms with van der Waals surface area (Å²) in [6.07, 6.45) is 1.84. The van der Waals surface area contributed by atoms with Crippen LogP contribution in [-0.2, 0) is 16.1 Å². The summed E-state index contributed by atoms with van der Waals surface area (Å²) in [5.41, 5.74) is 1.04. The van der Waals surface area contributed by atoms with Crippen molar-refractivity contribution in [2.75, 3.05) is 6.54 Å². The van der Waals surface area contributed by atoms with Crippen molar-refractivity contribution in [1.29, 1.82) is 0 Å². The van der Waals surface area contributed by atoms with Crippen LogP contribution >= 0.6 is 0 Å². The molecule has 1 aromatic rings. The van der Waals surface area contributed by atoms with Crippen LogP contribution in [0.15, 0.2) is 30.3 Å². The Balaban J connectivity index is 1.75. The number of carbonyl (C=O) groups excluding carboxylic acids is 2. The molecule has 5 heteroatoms. The van der Waals surface area contributed by atoms with Gasteiger partial charge in [0.15, 0.2) is 0 Å². The number of amides is 2. The summed E-state index contributed by atoms with van der Waals surface area (Å²) in [4.78, 5) is 23.8. The van der Waals surface area contributed by atoms with Crippen LogP contribution in [-0.4, -0.2) is 30.4 Å². The van der Waals surface area contributed by atoms with Gasteiger partial charge in [-0.3, -0.25) is 9.59 Å². The molecule has 1 aliphatic heterocycles. The van der Waals surface area contributed by atoms with Gasteiger partial charge >= 0.3 is 0 Å². The molecule has 1 fully saturated rings. The van der Waals surface area contributed by atoms with E-state index >= 15 is 0 Å². The standard InChI is InChI=1S/C15H21N3O2/c1-11(18-15(20)13-8-5-9-16-13)14(19)17-10-12-6-3-2-4-7-12/h2-4,6-7,11,13,16H,5,8-10H2,1H3,(H,17,19)(H,18,20). The second-order valence-electron chi connectivity index (χ2n) is 5.08. The van der Waals surface area contributed by atoms with Crippen molar-refractivity contribution in [3.8, 4) is 0 Å². The maximum atomic E-state index is 11.9. The maximum absolute atomic E-state index is 11.9.